The summed E-state index contributed by atoms with van der Waals surface area (Å²) in [6.45, 7) is 20.8. The number of piperazine rings is 2. The highest BCUT2D eigenvalue weighted by molar-refractivity contribution is 6.11. The number of fused-ring (bicyclic) bond motifs is 4. The van der Waals surface area contributed by atoms with Crippen LogP contribution in [0, 0.1) is 25.5 Å². The van der Waals surface area contributed by atoms with Crippen molar-refractivity contribution in [3.63, 3.8) is 0 Å². The number of aliphatic imine (C=N–C) groups is 2. The van der Waals surface area contributed by atoms with E-state index in [9.17, 15) is 23.5 Å². The third-order valence-electron chi connectivity index (χ3n) is 13.0. The topological polar surface area (TPSA) is 111 Å². The van der Waals surface area contributed by atoms with Gasteiger partial charge in [0.1, 0.15) is 11.6 Å². The third-order valence-corrected chi connectivity index (χ3v) is 13.0. The molecule has 2 fully saturated rings. The lowest BCUT2D eigenvalue weighted by atomic mass is 9.99. The lowest BCUT2D eigenvalue weighted by Gasteiger charge is -2.32. The smallest absolute Gasteiger partial charge is 0.338 e. The second kappa shape index (κ2) is 20.9. The summed E-state index contributed by atoms with van der Waals surface area (Å²) in [5.41, 5.74) is 11.6. The molecule has 11 nitrogen and oxygen atoms in total. The molecule has 4 aliphatic rings. The van der Waals surface area contributed by atoms with Crippen molar-refractivity contribution >= 4 is 46.1 Å². The highest BCUT2D eigenvalue weighted by Gasteiger charge is 2.31. The molecule has 0 aliphatic carbocycles. The molecule has 2 N–H and O–H groups in total. The van der Waals surface area contributed by atoms with Gasteiger partial charge in [0.15, 0.2) is 0 Å². The van der Waals surface area contributed by atoms with Gasteiger partial charge in [0.25, 0.3) is 5.91 Å². The Hall–Kier alpha value is -6.02. The average Bonchev–Trinajstić information content (AvgIpc) is 4.08. The highest BCUT2D eigenvalue weighted by Crippen LogP contribution is 2.39. The molecule has 1 amide bonds. The van der Waals surface area contributed by atoms with Gasteiger partial charge in [0.05, 0.1) is 35.2 Å². The number of hydrogen-bond acceptors (Lipinski definition) is 7. The predicted octanol–water partition coefficient (Wildman–Crippen LogP) is 10.1. The number of carboxylic acids is 1. The zero-order valence-corrected chi connectivity index (χ0v) is 38.8. The Bertz CT molecular complexity index is 2860. The van der Waals surface area contributed by atoms with E-state index in [0.717, 1.165) is 106 Å². The van der Waals surface area contributed by atoms with Crippen LogP contribution in [0.2, 0.25) is 0 Å². The Morgan fingerprint density at radius 1 is 0.627 bits per heavy atom. The zero-order valence-electron chi connectivity index (χ0n) is 38.8. The van der Waals surface area contributed by atoms with Crippen molar-refractivity contribution in [3.05, 3.63) is 128 Å². The van der Waals surface area contributed by atoms with Crippen molar-refractivity contribution < 1.29 is 23.5 Å². The maximum absolute atomic E-state index is 14.1. The minimum atomic E-state index is -0.949. The van der Waals surface area contributed by atoms with Gasteiger partial charge < -0.3 is 34.3 Å². The van der Waals surface area contributed by atoms with Gasteiger partial charge in [-0.15, -0.1) is 0 Å². The van der Waals surface area contributed by atoms with E-state index in [1.165, 1.54) is 25.2 Å². The number of nitrogens with zero attached hydrogens (tertiary/aromatic N) is 7. The molecule has 0 radical (unpaired) electrons. The number of carboxylic acid groups (broad SMARTS) is 1. The number of carbonyl (C=O) groups excluding carboxylic acids is 1. The summed E-state index contributed by atoms with van der Waals surface area (Å²) in [6.07, 6.45) is 3.72. The molecule has 356 valence electrons. The summed E-state index contributed by atoms with van der Waals surface area (Å²) >= 11 is 0. The summed E-state index contributed by atoms with van der Waals surface area (Å²) in [6, 6.07) is 18.2. The van der Waals surface area contributed by atoms with Crippen LogP contribution in [-0.4, -0.2) is 120 Å². The molecule has 0 atom stereocenters. The van der Waals surface area contributed by atoms with E-state index in [2.05, 4.69) is 69.7 Å². The van der Waals surface area contributed by atoms with E-state index in [4.69, 9.17) is 0 Å². The number of rotatable bonds is 6. The van der Waals surface area contributed by atoms with Gasteiger partial charge in [0, 0.05) is 98.3 Å². The first-order valence-electron chi connectivity index (χ1n) is 22.7. The monoisotopic (exact) mass is 915 g/mol. The Balaban J connectivity index is 0.000000191. The number of amides is 1. The van der Waals surface area contributed by atoms with E-state index in [1.807, 2.05) is 53.9 Å². The lowest BCUT2D eigenvalue weighted by Crippen LogP contribution is -2.47. The summed E-state index contributed by atoms with van der Waals surface area (Å²) in [7, 11) is 4.24. The maximum atomic E-state index is 14.1. The fraction of sp³-hybridized carbons (Fsp3) is 0.407. The minimum absolute atomic E-state index is 0. The number of benzene rings is 4. The van der Waals surface area contributed by atoms with Crippen molar-refractivity contribution in [1.82, 2.24) is 29.2 Å². The Kier molecular flexibility index (Phi) is 15.7. The summed E-state index contributed by atoms with van der Waals surface area (Å²) < 4.78 is 32.0. The van der Waals surface area contributed by atoms with Crippen LogP contribution in [0.1, 0.15) is 120 Å². The molecule has 13 heteroatoms. The molecule has 67 heavy (non-hydrogen) atoms. The fourth-order valence-electron chi connectivity index (χ4n) is 9.41. The van der Waals surface area contributed by atoms with Gasteiger partial charge in [-0.05, 0) is 134 Å². The molecule has 0 saturated carbocycles. The molecular formula is C54H68F2N8O3. The first kappa shape index (κ1) is 50.4. The van der Waals surface area contributed by atoms with Crippen LogP contribution < -0.4 is 5.32 Å². The summed E-state index contributed by atoms with van der Waals surface area (Å²) in [5, 5.41) is 14.9. The maximum Gasteiger partial charge on any atom is 0.338 e. The first-order chi connectivity index (χ1) is 31.1. The van der Waals surface area contributed by atoms with Gasteiger partial charge in [-0.2, -0.15) is 0 Å². The quantitative estimate of drug-likeness (QED) is 0.172. The largest absolute Gasteiger partial charge is 0.478 e. The van der Waals surface area contributed by atoms with Crippen molar-refractivity contribution in [3.8, 4) is 11.4 Å². The van der Waals surface area contributed by atoms with Gasteiger partial charge in [-0.1, -0.05) is 42.5 Å². The first-order valence-corrected chi connectivity index (χ1v) is 22.7. The molecule has 2 saturated heterocycles. The van der Waals surface area contributed by atoms with Gasteiger partial charge in [-0.25, -0.2) is 13.6 Å². The second-order valence-electron chi connectivity index (χ2n) is 18.4. The van der Waals surface area contributed by atoms with E-state index in [-0.39, 0.29) is 44.2 Å². The van der Waals surface area contributed by atoms with Crippen molar-refractivity contribution in [2.24, 2.45) is 9.98 Å². The molecule has 4 aromatic carbocycles. The van der Waals surface area contributed by atoms with Crippen molar-refractivity contribution in [1.29, 1.82) is 0 Å². The Morgan fingerprint density at radius 3 is 1.46 bits per heavy atom. The number of nitrogens with one attached hydrogen (secondary N) is 1. The highest BCUT2D eigenvalue weighted by atomic mass is 19.1. The summed E-state index contributed by atoms with van der Waals surface area (Å²) in [5.74, 6) is -1.26. The minimum Gasteiger partial charge on any atom is -0.478 e. The molecule has 6 aromatic rings. The Morgan fingerprint density at radius 2 is 1.06 bits per heavy atom. The molecule has 4 aliphatic heterocycles. The molecule has 0 spiro atoms. The van der Waals surface area contributed by atoms with Crippen LogP contribution in [0.25, 0.3) is 33.2 Å². The van der Waals surface area contributed by atoms with Crippen LogP contribution >= 0.6 is 0 Å². The SMILES string of the molecule is C.C.CN1CCNCC1.Cc1cc(-n2c(C(C)C)c(C(=O)N3CCN(C)CC3)c3cc4c(cc32)C=NC4)ccc1F.Cc1cc(-n2c(C(C)C)c(C(=O)O)c3cc4c(cc32)C=NC4)ccc1F. The van der Waals surface area contributed by atoms with Gasteiger partial charge >= 0.3 is 5.97 Å². The lowest BCUT2D eigenvalue weighted by molar-refractivity contribution is 0.0662. The number of likely N-dealkylation sites (N-methyl/N-ethyl adjacent to an activating group) is 2. The van der Waals surface area contributed by atoms with Crippen molar-refractivity contribution in [2.45, 2.75) is 81.3 Å². The third kappa shape index (κ3) is 10.0. The number of halogens is 2. The molecule has 10 rings (SSSR count). The van der Waals surface area contributed by atoms with E-state index < -0.39 is 5.97 Å². The normalized spacial score (nSPS) is 15.5. The standard InChI is InChI=1S/C26H29FN4O.C21H19FN2O2.C5H12N2.2CH4/c1-16(2)25-24(26(32)30-9-7-29(4)8-10-30)21-12-18-14-28-15-19(18)13-23(21)31(25)20-5-6-22(27)17(3)11-20;1-11(2)20-19(21(25)26)16-7-13-9-23-10-14(13)8-18(16)24(20)15-4-5-17(22)12(3)6-15;1-7-4-2-6-3-5-7;;/h5-6,11-13,15-16H,7-10,14H2,1-4H3;4-8,10-11H,9H2,1-3H3,(H,25,26);6H,2-5H2,1H3;2*1H4. The molecule has 0 bridgehead atoms. The van der Waals surface area contributed by atoms with E-state index in [0.29, 0.717) is 35.2 Å². The van der Waals surface area contributed by atoms with Crippen molar-refractivity contribution in [2.75, 3.05) is 66.5 Å². The van der Waals surface area contributed by atoms with Crippen LogP contribution in [0.4, 0.5) is 8.78 Å². The summed E-state index contributed by atoms with van der Waals surface area (Å²) in [4.78, 5) is 41.3. The second-order valence-corrected chi connectivity index (χ2v) is 18.4. The number of aryl methyl sites for hydroxylation is 2. The van der Waals surface area contributed by atoms with E-state index in [1.54, 1.807) is 32.0 Å². The van der Waals surface area contributed by atoms with E-state index >= 15 is 0 Å². The average molecular weight is 915 g/mol. The molecule has 2 aromatic heterocycles. The number of hydrogen-bond donors (Lipinski definition) is 2. The Labute approximate surface area is 394 Å². The molecule has 0 unspecified atom stereocenters. The van der Waals surface area contributed by atoms with Crippen LogP contribution in [-0.2, 0) is 13.1 Å². The fourth-order valence-corrected chi connectivity index (χ4v) is 9.41. The zero-order chi connectivity index (χ0) is 46.3. The van der Waals surface area contributed by atoms with Crippen LogP contribution in [0.5, 0.6) is 0 Å². The van der Waals surface area contributed by atoms with Gasteiger partial charge in [-0.3, -0.25) is 14.8 Å². The molecule has 6 heterocycles. The number of aromatic nitrogens is 2. The van der Waals surface area contributed by atoms with Gasteiger partial charge in [0.2, 0.25) is 0 Å². The predicted molar refractivity (Wildman–Crippen MR) is 271 cm³/mol. The van der Waals surface area contributed by atoms with Crippen LogP contribution in [0.3, 0.4) is 0 Å². The number of aromatic carboxylic acids is 1. The van der Waals surface area contributed by atoms with Crippen LogP contribution in [0.15, 0.2) is 70.6 Å². The molecular weight excluding hydrogens is 847 g/mol. The number of carbonyl (C=O) groups is 2.